The maximum absolute atomic E-state index is 12.4. The van der Waals surface area contributed by atoms with E-state index in [1.807, 2.05) is 12.1 Å². The van der Waals surface area contributed by atoms with Crippen molar-refractivity contribution in [1.82, 2.24) is 16.0 Å². The van der Waals surface area contributed by atoms with Crippen LogP contribution in [0.2, 0.25) is 0 Å². The van der Waals surface area contributed by atoms with Gasteiger partial charge >= 0.3 is 11.9 Å². The van der Waals surface area contributed by atoms with Gasteiger partial charge in [-0.15, -0.1) is 0 Å². The molecule has 0 saturated carbocycles. The van der Waals surface area contributed by atoms with E-state index in [1.165, 1.54) is 0 Å². The van der Waals surface area contributed by atoms with Crippen molar-refractivity contribution in [1.29, 1.82) is 0 Å². The first-order valence-corrected chi connectivity index (χ1v) is 17.0. The first-order chi connectivity index (χ1) is 23.9. The van der Waals surface area contributed by atoms with Crippen LogP contribution in [0, 0.1) is 0 Å². The summed E-state index contributed by atoms with van der Waals surface area (Å²) in [5, 5.41) is 28.9. The Balaban J connectivity index is 2.15. The molecule has 0 fully saturated rings. The number of hydrogen-bond acceptors (Lipinski definition) is 10. The average molecular weight is 708 g/mol. The van der Waals surface area contributed by atoms with Gasteiger partial charge in [0, 0.05) is 56.6 Å². The van der Waals surface area contributed by atoms with Crippen LogP contribution in [-0.4, -0.2) is 103 Å². The Labute approximate surface area is 292 Å². The van der Waals surface area contributed by atoms with Crippen LogP contribution in [0.25, 0.3) is 0 Å². The van der Waals surface area contributed by atoms with Crippen molar-refractivity contribution < 1.29 is 53.2 Å². The number of carbonyl (C=O) groups excluding carboxylic acids is 5. The van der Waals surface area contributed by atoms with E-state index in [0.29, 0.717) is 37.8 Å². The maximum atomic E-state index is 12.4. The van der Waals surface area contributed by atoms with Gasteiger partial charge in [0.05, 0.1) is 13.2 Å². The fraction of sp³-hybridized carbons (Fsp3) is 0.618. The van der Waals surface area contributed by atoms with Crippen LogP contribution in [0.4, 0.5) is 5.69 Å². The summed E-state index contributed by atoms with van der Waals surface area (Å²) < 4.78 is 10.7. The molecule has 0 saturated heterocycles. The summed E-state index contributed by atoms with van der Waals surface area (Å²) in [5.74, 6) is -4.51. The van der Waals surface area contributed by atoms with Gasteiger partial charge < -0.3 is 46.7 Å². The Morgan fingerprint density at radius 2 is 1.42 bits per heavy atom. The highest BCUT2D eigenvalue weighted by molar-refractivity contribution is 5.94. The molecule has 280 valence electrons. The molecule has 0 unspecified atom stereocenters. The van der Waals surface area contributed by atoms with Crippen LogP contribution in [0.1, 0.15) is 94.3 Å². The standard InChI is InChI=1S/C34H53N5O11/c1-2-3-18-36-25-14-12-24(13-15-25)33(46)37-19-5-4-9-27(32(35)45)38-30(42)23-50-22-21-49-20-7-8-26(40)16-17-28(34(47)48)39-29(41)10-6-11-31(43)44/h12-15,27-28,36H,2-11,16-23H2,1H3,(H2,35,45)(H,37,46)(H,38,42)(H,39,41)(H,43,44)(H,47,48)/t27-,28-/m0/s1. The van der Waals surface area contributed by atoms with Gasteiger partial charge in [-0.3, -0.25) is 28.8 Å². The molecule has 0 aliphatic rings. The number of carboxylic acids is 2. The van der Waals surface area contributed by atoms with E-state index < -0.39 is 41.7 Å². The number of carbonyl (C=O) groups is 7. The lowest BCUT2D eigenvalue weighted by molar-refractivity contribution is -0.142. The number of primary amides is 1. The van der Waals surface area contributed by atoms with E-state index in [2.05, 4.69) is 28.2 Å². The third-order valence-corrected chi connectivity index (χ3v) is 7.38. The predicted molar refractivity (Wildman–Crippen MR) is 183 cm³/mol. The van der Waals surface area contributed by atoms with Gasteiger partial charge in [0.25, 0.3) is 5.91 Å². The van der Waals surface area contributed by atoms with E-state index in [-0.39, 0.29) is 76.6 Å². The Morgan fingerprint density at radius 1 is 0.720 bits per heavy atom. The SMILES string of the molecule is CCCCNc1ccc(C(=O)NCCCC[C@H](NC(=O)COCCOCCCC(=O)CC[C@H](NC(=O)CCCC(=O)O)C(=O)O)C(N)=O)cc1. The zero-order chi connectivity index (χ0) is 37.1. The number of hydrogen-bond donors (Lipinski definition) is 7. The quantitative estimate of drug-likeness (QED) is 0.0565. The monoisotopic (exact) mass is 707 g/mol. The summed E-state index contributed by atoms with van der Waals surface area (Å²) in [7, 11) is 0. The Bertz CT molecular complexity index is 1230. The van der Waals surface area contributed by atoms with E-state index in [9.17, 15) is 38.7 Å². The largest absolute Gasteiger partial charge is 0.481 e. The van der Waals surface area contributed by atoms with E-state index >= 15 is 0 Å². The summed E-state index contributed by atoms with van der Waals surface area (Å²) in [6.45, 7) is 3.56. The third-order valence-electron chi connectivity index (χ3n) is 7.38. The first-order valence-electron chi connectivity index (χ1n) is 17.0. The Hall–Kier alpha value is -4.57. The molecule has 8 N–H and O–H groups in total. The number of anilines is 1. The fourth-order valence-corrected chi connectivity index (χ4v) is 4.56. The van der Waals surface area contributed by atoms with Crippen molar-refractivity contribution in [3.63, 3.8) is 0 Å². The number of benzene rings is 1. The third kappa shape index (κ3) is 21.4. The zero-order valence-electron chi connectivity index (χ0n) is 28.8. The number of nitrogens with one attached hydrogen (secondary N) is 4. The molecule has 0 bridgehead atoms. The van der Waals surface area contributed by atoms with E-state index in [0.717, 1.165) is 25.1 Å². The van der Waals surface area contributed by atoms with Gasteiger partial charge in [-0.05, 0) is 69.2 Å². The zero-order valence-corrected chi connectivity index (χ0v) is 28.8. The van der Waals surface area contributed by atoms with Crippen molar-refractivity contribution in [2.24, 2.45) is 5.73 Å². The number of unbranched alkanes of at least 4 members (excludes halogenated alkanes) is 2. The molecular weight excluding hydrogens is 654 g/mol. The predicted octanol–water partition coefficient (Wildman–Crippen LogP) is 1.76. The minimum Gasteiger partial charge on any atom is -0.481 e. The number of rotatable bonds is 30. The van der Waals surface area contributed by atoms with E-state index in [1.54, 1.807) is 12.1 Å². The minimum absolute atomic E-state index is 0.0556. The highest BCUT2D eigenvalue weighted by Crippen LogP contribution is 2.10. The molecule has 4 amide bonds. The number of Topliss-reactive ketones (excluding diaryl/α,β-unsaturated/α-hetero) is 1. The molecule has 50 heavy (non-hydrogen) atoms. The van der Waals surface area contributed by atoms with Gasteiger partial charge in [0.1, 0.15) is 24.5 Å². The van der Waals surface area contributed by atoms with Crippen LogP contribution in [0.5, 0.6) is 0 Å². The molecule has 0 aromatic heterocycles. The molecule has 16 nitrogen and oxygen atoms in total. The topological polar surface area (TPSA) is 253 Å². The molecule has 1 rings (SSSR count). The van der Waals surface area contributed by atoms with Crippen molar-refractivity contribution >= 4 is 47.0 Å². The number of nitrogens with two attached hydrogens (primary N) is 1. The Kier molecular flexibility index (Phi) is 22.9. The van der Waals surface area contributed by atoms with Crippen LogP contribution >= 0.6 is 0 Å². The maximum Gasteiger partial charge on any atom is 0.326 e. The summed E-state index contributed by atoms with van der Waals surface area (Å²) >= 11 is 0. The summed E-state index contributed by atoms with van der Waals surface area (Å²) in [6, 6.07) is 5.12. The van der Waals surface area contributed by atoms with Gasteiger partial charge in [0.2, 0.25) is 17.7 Å². The smallest absolute Gasteiger partial charge is 0.326 e. The lowest BCUT2D eigenvalue weighted by Gasteiger charge is -2.15. The second-order valence-corrected chi connectivity index (χ2v) is 11.7. The fourth-order valence-electron chi connectivity index (χ4n) is 4.56. The number of ether oxygens (including phenoxy) is 2. The molecule has 0 radical (unpaired) electrons. The molecule has 0 heterocycles. The van der Waals surface area contributed by atoms with Crippen LogP contribution in [0.3, 0.4) is 0 Å². The summed E-state index contributed by atoms with van der Waals surface area (Å²) in [4.78, 5) is 82.3. The van der Waals surface area contributed by atoms with Gasteiger partial charge in [-0.1, -0.05) is 13.3 Å². The molecule has 0 aliphatic heterocycles. The lowest BCUT2D eigenvalue weighted by Crippen LogP contribution is -2.45. The molecule has 0 spiro atoms. The molecule has 1 aromatic carbocycles. The van der Waals surface area contributed by atoms with Crippen LogP contribution in [0.15, 0.2) is 24.3 Å². The molecule has 16 heteroatoms. The van der Waals surface area contributed by atoms with Crippen molar-refractivity contribution in [2.45, 2.75) is 96.1 Å². The molecule has 0 aliphatic carbocycles. The van der Waals surface area contributed by atoms with Crippen molar-refractivity contribution in [3.05, 3.63) is 29.8 Å². The number of aliphatic carboxylic acids is 2. The van der Waals surface area contributed by atoms with Gasteiger partial charge in [0.15, 0.2) is 0 Å². The number of amides is 4. The first kappa shape index (κ1) is 43.5. The van der Waals surface area contributed by atoms with Crippen molar-refractivity contribution in [3.8, 4) is 0 Å². The number of carboxylic acid groups (broad SMARTS) is 2. The van der Waals surface area contributed by atoms with Gasteiger partial charge in [-0.2, -0.15) is 0 Å². The average Bonchev–Trinajstić information content (AvgIpc) is 3.07. The normalized spacial score (nSPS) is 11.9. The molecular formula is C34H53N5O11. The molecule has 2 atom stereocenters. The van der Waals surface area contributed by atoms with Crippen molar-refractivity contribution in [2.75, 3.05) is 44.8 Å². The van der Waals surface area contributed by atoms with E-state index in [4.69, 9.17) is 20.3 Å². The second kappa shape index (κ2) is 26.3. The summed E-state index contributed by atoms with van der Waals surface area (Å²) in [6.07, 6.45) is 3.73. The van der Waals surface area contributed by atoms with Gasteiger partial charge in [-0.25, -0.2) is 4.79 Å². The van der Waals surface area contributed by atoms with Crippen LogP contribution in [-0.2, 0) is 38.2 Å². The second-order valence-electron chi connectivity index (χ2n) is 11.7. The number of ketones is 1. The lowest BCUT2D eigenvalue weighted by atomic mass is 10.1. The highest BCUT2D eigenvalue weighted by atomic mass is 16.5. The summed E-state index contributed by atoms with van der Waals surface area (Å²) in [5.41, 5.74) is 6.94. The minimum atomic E-state index is -1.28. The highest BCUT2D eigenvalue weighted by Gasteiger charge is 2.21. The van der Waals surface area contributed by atoms with Crippen LogP contribution < -0.4 is 27.0 Å². The Morgan fingerprint density at radius 3 is 2.08 bits per heavy atom. The molecule has 1 aromatic rings.